The van der Waals surface area contributed by atoms with Crippen LogP contribution < -0.4 is 10.1 Å². The normalized spacial score (nSPS) is 16.2. The van der Waals surface area contributed by atoms with E-state index in [9.17, 15) is 4.79 Å². The Kier molecular flexibility index (Phi) is 5.42. The standard InChI is InChI=1S/C22H27NO2/c1-17-10-4-5-11-18(17)22(14-8-3-9-15-22)16-21(24)23-19-12-6-7-13-20(19)25-2/h4-7,10-13H,3,8-9,14-16H2,1-2H3,(H,23,24). The lowest BCUT2D eigenvalue weighted by Gasteiger charge is -2.38. The minimum absolute atomic E-state index is 0.0459. The molecule has 1 N–H and O–H groups in total. The Morgan fingerprint density at radius 2 is 1.72 bits per heavy atom. The van der Waals surface area contributed by atoms with E-state index in [0.29, 0.717) is 12.2 Å². The average molecular weight is 337 g/mol. The van der Waals surface area contributed by atoms with E-state index in [0.717, 1.165) is 18.5 Å². The van der Waals surface area contributed by atoms with Crippen molar-refractivity contribution in [2.45, 2.75) is 50.9 Å². The van der Waals surface area contributed by atoms with Crippen LogP contribution in [0.25, 0.3) is 0 Å². The van der Waals surface area contributed by atoms with Gasteiger partial charge >= 0.3 is 0 Å². The summed E-state index contributed by atoms with van der Waals surface area (Å²) < 4.78 is 5.35. The van der Waals surface area contributed by atoms with Gasteiger partial charge in [0.25, 0.3) is 0 Å². The first-order valence-electron chi connectivity index (χ1n) is 9.14. The number of ether oxygens (including phenoxy) is 1. The van der Waals surface area contributed by atoms with Gasteiger partial charge in [-0.3, -0.25) is 4.79 Å². The summed E-state index contributed by atoms with van der Waals surface area (Å²) in [4.78, 5) is 12.9. The quantitative estimate of drug-likeness (QED) is 0.811. The number of amides is 1. The molecule has 0 aliphatic heterocycles. The van der Waals surface area contributed by atoms with Crippen LogP contribution in [0.4, 0.5) is 5.69 Å². The summed E-state index contributed by atoms with van der Waals surface area (Å²) in [6.45, 7) is 2.16. The molecule has 3 nitrogen and oxygen atoms in total. The molecule has 0 heterocycles. The fourth-order valence-electron chi connectivity index (χ4n) is 4.19. The van der Waals surface area contributed by atoms with Crippen molar-refractivity contribution in [3.63, 3.8) is 0 Å². The van der Waals surface area contributed by atoms with Crippen LogP contribution in [0.2, 0.25) is 0 Å². The summed E-state index contributed by atoms with van der Waals surface area (Å²) in [5, 5.41) is 3.06. The largest absolute Gasteiger partial charge is 0.495 e. The molecule has 1 saturated carbocycles. The number of anilines is 1. The van der Waals surface area contributed by atoms with Crippen LogP contribution in [-0.2, 0) is 10.2 Å². The maximum absolute atomic E-state index is 12.9. The molecule has 132 valence electrons. The van der Waals surface area contributed by atoms with Crippen molar-refractivity contribution >= 4 is 11.6 Å². The van der Waals surface area contributed by atoms with Crippen molar-refractivity contribution in [1.29, 1.82) is 0 Å². The molecule has 1 amide bonds. The zero-order valence-electron chi connectivity index (χ0n) is 15.2. The number of hydrogen-bond donors (Lipinski definition) is 1. The summed E-state index contributed by atoms with van der Waals surface area (Å²) in [6, 6.07) is 16.1. The number of nitrogens with one attached hydrogen (secondary N) is 1. The van der Waals surface area contributed by atoms with Gasteiger partial charge in [-0.05, 0) is 43.0 Å². The highest BCUT2D eigenvalue weighted by atomic mass is 16.5. The number of rotatable bonds is 5. The molecule has 3 heteroatoms. The Bertz CT molecular complexity index is 732. The molecule has 0 radical (unpaired) electrons. The summed E-state index contributed by atoms with van der Waals surface area (Å²) in [6.07, 6.45) is 6.33. The first kappa shape index (κ1) is 17.5. The van der Waals surface area contributed by atoms with Crippen LogP contribution in [0.5, 0.6) is 5.75 Å². The smallest absolute Gasteiger partial charge is 0.225 e. The fraction of sp³-hybridized carbons (Fsp3) is 0.409. The number of carbonyl (C=O) groups is 1. The Morgan fingerprint density at radius 1 is 1.04 bits per heavy atom. The second-order valence-electron chi connectivity index (χ2n) is 7.08. The van der Waals surface area contributed by atoms with E-state index in [1.165, 1.54) is 30.4 Å². The van der Waals surface area contributed by atoms with Gasteiger partial charge < -0.3 is 10.1 Å². The highest BCUT2D eigenvalue weighted by Gasteiger charge is 2.37. The van der Waals surface area contributed by atoms with E-state index in [2.05, 4.69) is 36.5 Å². The van der Waals surface area contributed by atoms with Crippen molar-refractivity contribution in [2.24, 2.45) is 0 Å². The molecule has 0 saturated heterocycles. The maximum atomic E-state index is 12.9. The second-order valence-corrected chi connectivity index (χ2v) is 7.08. The second kappa shape index (κ2) is 7.73. The summed E-state index contributed by atoms with van der Waals surface area (Å²) >= 11 is 0. The van der Waals surface area contributed by atoms with Crippen LogP contribution in [0.3, 0.4) is 0 Å². The Hall–Kier alpha value is -2.29. The summed E-state index contributed by atoms with van der Waals surface area (Å²) in [5.74, 6) is 0.763. The predicted octanol–water partition coefficient (Wildman–Crippen LogP) is 5.23. The molecule has 1 aliphatic carbocycles. The van der Waals surface area contributed by atoms with Crippen LogP contribution in [0, 0.1) is 6.92 Å². The molecule has 3 rings (SSSR count). The topological polar surface area (TPSA) is 38.3 Å². The molecule has 1 fully saturated rings. The van der Waals surface area contributed by atoms with E-state index in [-0.39, 0.29) is 11.3 Å². The Labute approximate surface area is 150 Å². The molecular formula is C22H27NO2. The third kappa shape index (κ3) is 3.87. The lowest BCUT2D eigenvalue weighted by molar-refractivity contribution is -0.117. The van der Waals surface area contributed by atoms with Gasteiger partial charge in [-0.1, -0.05) is 55.7 Å². The van der Waals surface area contributed by atoms with Crippen molar-refractivity contribution in [2.75, 3.05) is 12.4 Å². The van der Waals surface area contributed by atoms with Crippen molar-refractivity contribution in [1.82, 2.24) is 0 Å². The Balaban J connectivity index is 1.83. The molecule has 0 bridgehead atoms. The van der Waals surface area contributed by atoms with Gasteiger partial charge in [0.15, 0.2) is 0 Å². The lowest BCUT2D eigenvalue weighted by atomic mass is 9.66. The zero-order valence-corrected chi connectivity index (χ0v) is 15.2. The van der Waals surface area contributed by atoms with Gasteiger partial charge in [-0.2, -0.15) is 0 Å². The maximum Gasteiger partial charge on any atom is 0.225 e. The molecule has 0 aromatic heterocycles. The molecule has 0 unspecified atom stereocenters. The van der Waals surface area contributed by atoms with Gasteiger partial charge in [-0.25, -0.2) is 0 Å². The minimum Gasteiger partial charge on any atom is -0.495 e. The van der Waals surface area contributed by atoms with E-state index >= 15 is 0 Å². The van der Waals surface area contributed by atoms with Gasteiger partial charge in [0.1, 0.15) is 5.75 Å². The Morgan fingerprint density at radius 3 is 2.44 bits per heavy atom. The third-order valence-electron chi connectivity index (χ3n) is 5.41. The van der Waals surface area contributed by atoms with E-state index in [4.69, 9.17) is 4.74 Å². The molecule has 1 aliphatic rings. The van der Waals surface area contributed by atoms with E-state index in [1.54, 1.807) is 7.11 Å². The number of para-hydroxylation sites is 2. The molecule has 25 heavy (non-hydrogen) atoms. The van der Waals surface area contributed by atoms with Crippen molar-refractivity contribution in [3.8, 4) is 5.75 Å². The number of aryl methyl sites for hydroxylation is 1. The lowest BCUT2D eigenvalue weighted by Crippen LogP contribution is -2.34. The number of carbonyl (C=O) groups excluding carboxylic acids is 1. The van der Waals surface area contributed by atoms with Gasteiger partial charge in [0, 0.05) is 11.8 Å². The van der Waals surface area contributed by atoms with Crippen molar-refractivity contribution in [3.05, 3.63) is 59.7 Å². The van der Waals surface area contributed by atoms with Crippen LogP contribution >= 0.6 is 0 Å². The molecular weight excluding hydrogens is 310 g/mol. The highest BCUT2D eigenvalue weighted by molar-refractivity contribution is 5.93. The molecule has 2 aromatic rings. The highest BCUT2D eigenvalue weighted by Crippen LogP contribution is 2.43. The van der Waals surface area contributed by atoms with Crippen LogP contribution in [-0.4, -0.2) is 13.0 Å². The van der Waals surface area contributed by atoms with Gasteiger partial charge in [0.2, 0.25) is 5.91 Å². The first-order valence-corrected chi connectivity index (χ1v) is 9.14. The van der Waals surface area contributed by atoms with Crippen molar-refractivity contribution < 1.29 is 9.53 Å². The minimum atomic E-state index is -0.0459. The summed E-state index contributed by atoms with van der Waals surface area (Å²) in [5.41, 5.74) is 3.32. The number of hydrogen-bond acceptors (Lipinski definition) is 2. The molecule has 0 spiro atoms. The van der Waals surface area contributed by atoms with E-state index < -0.39 is 0 Å². The number of methoxy groups -OCH3 is 1. The predicted molar refractivity (Wildman–Crippen MR) is 102 cm³/mol. The van der Waals surface area contributed by atoms with Gasteiger partial charge in [0.05, 0.1) is 12.8 Å². The number of benzene rings is 2. The third-order valence-corrected chi connectivity index (χ3v) is 5.41. The first-order chi connectivity index (χ1) is 12.1. The molecule has 2 aromatic carbocycles. The van der Waals surface area contributed by atoms with Crippen LogP contribution in [0.15, 0.2) is 48.5 Å². The zero-order chi connectivity index (χ0) is 17.7. The monoisotopic (exact) mass is 337 g/mol. The average Bonchev–Trinajstić information content (AvgIpc) is 2.63. The van der Waals surface area contributed by atoms with Gasteiger partial charge in [-0.15, -0.1) is 0 Å². The van der Waals surface area contributed by atoms with E-state index in [1.807, 2.05) is 24.3 Å². The SMILES string of the molecule is COc1ccccc1NC(=O)CC1(c2ccccc2C)CCCCC1. The summed E-state index contributed by atoms with van der Waals surface area (Å²) in [7, 11) is 1.63. The van der Waals surface area contributed by atoms with Crippen LogP contribution in [0.1, 0.15) is 49.7 Å². The molecule has 0 atom stereocenters. The fourth-order valence-corrected chi connectivity index (χ4v) is 4.19.